The molecule has 33 heavy (non-hydrogen) atoms. The van der Waals surface area contributed by atoms with E-state index in [-0.39, 0.29) is 23.2 Å². The number of nitro groups is 1. The molecule has 0 spiro atoms. The number of anilines is 1. The molecule has 0 aliphatic carbocycles. The van der Waals surface area contributed by atoms with Gasteiger partial charge in [-0.05, 0) is 40.2 Å². The van der Waals surface area contributed by atoms with Gasteiger partial charge in [0.1, 0.15) is 12.3 Å². The molecule has 0 amide bonds. The molecule has 0 N–H and O–H groups in total. The van der Waals surface area contributed by atoms with E-state index in [2.05, 4.69) is 26.2 Å². The van der Waals surface area contributed by atoms with Crippen LogP contribution in [0.15, 0.2) is 51.1 Å². The number of halogens is 4. The van der Waals surface area contributed by atoms with Gasteiger partial charge in [0, 0.05) is 31.3 Å². The van der Waals surface area contributed by atoms with Crippen molar-refractivity contribution in [2.24, 2.45) is 10.2 Å². The summed E-state index contributed by atoms with van der Waals surface area (Å²) in [6, 6.07) is 9.64. The molecular weight excluding hydrogens is 511 g/mol. The Bertz CT molecular complexity index is 1080. The van der Waals surface area contributed by atoms with Crippen LogP contribution in [0.4, 0.5) is 35.9 Å². The molecule has 0 bridgehead atoms. The lowest BCUT2D eigenvalue weighted by Crippen LogP contribution is -2.28. The van der Waals surface area contributed by atoms with Crippen molar-refractivity contribution < 1.29 is 27.6 Å². The largest absolute Gasteiger partial charge is 0.464 e. The van der Waals surface area contributed by atoms with E-state index >= 15 is 0 Å². The molecule has 13 heteroatoms. The number of hydrogen-bond acceptors (Lipinski definition) is 8. The van der Waals surface area contributed by atoms with Crippen LogP contribution in [0.2, 0.25) is 0 Å². The SMILES string of the molecule is CC(=O)OCCN(CCC#N)c1ccc(N=Nc2c(Br)cc([N+](=O)[O-])cc2C(F)(F)F)cc1. The van der Waals surface area contributed by atoms with Crippen molar-refractivity contribution in [1.82, 2.24) is 0 Å². The standard InChI is InChI=1S/C20H17BrF3N5O4/c1-13(30)33-10-9-28(8-2-7-25)15-5-3-14(4-6-15)26-27-19-17(20(22,23)24)11-16(29(31)32)12-18(19)21/h3-6,11-12H,2,8-10H2,1H3. The number of ether oxygens (including phenoxy) is 1. The number of non-ortho nitro benzene ring substituents is 1. The maximum absolute atomic E-state index is 13.4. The maximum atomic E-state index is 13.4. The number of carbonyl (C=O) groups is 1. The van der Waals surface area contributed by atoms with Crippen LogP contribution in [-0.4, -0.2) is 30.6 Å². The normalized spacial score (nSPS) is 11.3. The fourth-order valence-corrected chi connectivity index (χ4v) is 3.23. The summed E-state index contributed by atoms with van der Waals surface area (Å²) in [5, 5.41) is 27.2. The molecule has 0 fully saturated rings. The van der Waals surface area contributed by atoms with Gasteiger partial charge in [-0.25, -0.2) is 0 Å². The van der Waals surface area contributed by atoms with Crippen molar-refractivity contribution in [3.8, 4) is 6.07 Å². The Morgan fingerprint density at radius 3 is 2.45 bits per heavy atom. The number of nitrogens with zero attached hydrogens (tertiary/aromatic N) is 5. The first kappa shape index (κ1) is 25.7. The number of nitriles is 1. The number of azo groups is 1. The van der Waals surface area contributed by atoms with Gasteiger partial charge in [-0.2, -0.15) is 23.5 Å². The molecular formula is C20H17BrF3N5O4. The van der Waals surface area contributed by atoms with Crippen molar-refractivity contribution in [2.75, 3.05) is 24.6 Å². The van der Waals surface area contributed by atoms with Gasteiger partial charge in [0.15, 0.2) is 0 Å². The minimum atomic E-state index is -4.88. The van der Waals surface area contributed by atoms with Crippen LogP contribution in [0, 0.1) is 21.4 Å². The van der Waals surface area contributed by atoms with Gasteiger partial charge in [0.25, 0.3) is 5.69 Å². The smallest absolute Gasteiger partial charge is 0.418 e. The van der Waals surface area contributed by atoms with Crippen molar-refractivity contribution in [2.45, 2.75) is 19.5 Å². The lowest BCUT2D eigenvalue weighted by molar-refractivity contribution is -0.385. The topological polar surface area (TPSA) is 121 Å². The monoisotopic (exact) mass is 527 g/mol. The van der Waals surface area contributed by atoms with E-state index in [4.69, 9.17) is 10.00 Å². The molecule has 2 aromatic carbocycles. The zero-order valence-electron chi connectivity index (χ0n) is 17.2. The minimum absolute atomic E-state index is 0.122. The maximum Gasteiger partial charge on any atom is 0.418 e. The molecule has 0 aliphatic rings. The third-order valence-corrected chi connectivity index (χ3v) is 4.81. The molecule has 0 saturated heterocycles. The second kappa shape index (κ2) is 11.4. The summed E-state index contributed by atoms with van der Waals surface area (Å²) in [5.74, 6) is -0.429. The number of benzene rings is 2. The van der Waals surface area contributed by atoms with Gasteiger partial charge >= 0.3 is 12.1 Å². The molecule has 0 aromatic heterocycles. The highest BCUT2D eigenvalue weighted by atomic mass is 79.9. The number of alkyl halides is 3. The van der Waals surface area contributed by atoms with E-state index in [0.717, 1.165) is 6.07 Å². The van der Waals surface area contributed by atoms with E-state index in [0.29, 0.717) is 24.8 Å². The summed E-state index contributed by atoms with van der Waals surface area (Å²) in [6.07, 6.45) is -4.65. The van der Waals surface area contributed by atoms with Crippen molar-refractivity contribution >= 4 is 44.6 Å². The number of esters is 1. The summed E-state index contributed by atoms with van der Waals surface area (Å²) in [6.45, 7) is 2.12. The molecule has 0 saturated carbocycles. The fourth-order valence-electron chi connectivity index (χ4n) is 2.70. The van der Waals surface area contributed by atoms with Crippen LogP contribution in [-0.2, 0) is 15.7 Å². The Kier molecular flexibility index (Phi) is 8.86. The molecule has 0 unspecified atom stereocenters. The Morgan fingerprint density at radius 1 is 1.24 bits per heavy atom. The van der Waals surface area contributed by atoms with Gasteiger partial charge in [-0.1, -0.05) is 0 Å². The summed E-state index contributed by atoms with van der Waals surface area (Å²) >= 11 is 2.89. The number of carbonyl (C=O) groups excluding carboxylic acids is 1. The predicted molar refractivity (Wildman–Crippen MR) is 115 cm³/mol. The summed E-state index contributed by atoms with van der Waals surface area (Å²) < 4.78 is 44.9. The van der Waals surface area contributed by atoms with E-state index in [9.17, 15) is 28.1 Å². The van der Waals surface area contributed by atoms with Crippen LogP contribution in [0.5, 0.6) is 0 Å². The van der Waals surface area contributed by atoms with Gasteiger partial charge in [-0.15, -0.1) is 5.11 Å². The summed E-state index contributed by atoms with van der Waals surface area (Å²) in [7, 11) is 0. The summed E-state index contributed by atoms with van der Waals surface area (Å²) in [4.78, 5) is 22.7. The van der Waals surface area contributed by atoms with Crippen LogP contribution >= 0.6 is 15.9 Å². The van der Waals surface area contributed by atoms with Crippen LogP contribution in [0.25, 0.3) is 0 Å². The minimum Gasteiger partial charge on any atom is -0.464 e. The Labute approximate surface area is 194 Å². The van der Waals surface area contributed by atoms with E-state index in [1.165, 1.54) is 19.1 Å². The average molecular weight is 528 g/mol. The van der Waals surface area contributed by atoms with Gasteiger partial charge in [0.05, 0.1) is 39.7 Å². The lowest BCUT2D eigenvalue weighted by atomic mass is 10.1. The lowest BCUT2D eigenvalue weighted by Gasteiger charge is -2.23. The molecule has 0 radical (unpaired) electrons. The first-order chi connectivity index (χ1) is 15.5. The molecule has 9 nitrogen and oxygen atoms in total. The van der Waals surface area contributed by atoms with E-state index < -0.39 is 34.0 Å². The molecule has 2 rings (SSSR count). The predicted octanol–water partition coefficient (Wildman–Crippen LogP) is 6.07. The highest BCUT2D eigenvalue weighted by molar-refractivity contribution is 9.10. The highest BCUT2D eigenvalue weighted by Gasteiger charge is 2.36. The first-order valence-electron chi connectivity index (χ1n) is 9.35. The third kappa shape index (κ3) is 7.53. The molecule has 2 aromatic rings. The highest BCUT2D eigenvalue weighted by Crippen LogP contribution is 2.43. The second-order valence-electron chi connectivity index (χ2n) is 6.53. The molecule has 0 atom stereocenters. The third-order valence-electron chi connectivity index (χ3n) is 4.20. The van der Waals surface area contributed by atoms with Crippen LogP contribution in [0.1, 0.15) is 18.9 Å². The van der Waals surface area contributed by atoms with Gasteiger partial charge in [-0.3, -0.25) is 14.9 Å². The molecule has 174 valence electrons. The Morgan fingerprint density at radius 2 is 1.91 bits per heavy atom. The second-order valence-corrected chi connectivity index (χ2v) is 7.38. The number of hydrogen-bond donors (Lipinski definition) is 0. The quantitative estimate of drug-likeness (QED) is 0.169. The van der Waals surface area contributed by atoms with Crippen LogP contribution < -0.4 is 4.90 Å². The zero-order chi connectivity index (χ0) is 24.6. The number of rotatable bonds is 9. The fraction of sp³-hybridized carbons (Fsp3) is 0.300. The Hall–Kier alpha value is -3.53. The summed E-state index contributed by atoms with van der Waals surface area (Å²) in [5.41, 5.74) is -1.70. The van der Waals surface area contributed by atoms with Crippen molar-refractivity contribution in [3.63, 3.8) is 0 Å². The molecule has 0 aliphatic heterocycles. The molecule has 0 heterocycles. The first-order valence-corrected chi connectivity index (χ1v) is 10.1. The number of nitro benzene ring substituents is 1. The Balaban J connectivity index is 2.28. The van der Waals surface area contributed by atoms with Crippen molar-refractivity contribution in [3.05, 3.63) is 56.5 Å². The average Bonchev–Trinajstić information content (AvgIpc) is 2.74. The van der Waals surface area contributed by atoms with Crippen LogP contribution in [0.3, 0.4) is 0 Å². The zero-order valence-corrected chi connectivity index (χ0v) is 18.8. The van der Waals surface area contributed by atoms with Crippen molar-refractivity contribution in [1.29, 1.82) is 5.26 Å². The van der Waals surface area contributed by atoms with E-state index in [1.807, 2.05) is 11.0 Å². The van der Waals surface area contributed by atoms with Gasteiger partial charge < -0.3 is 9.64 Å². The van der Waals surface area contributed by atoms with Gasteiger partial charge in [0.2, 0.25) is 0 Å². The van der Waals surface area contributed by atoms with E-state index in [1.54, 1.807) is 12.1 Å².